The summed E-state index contributed by atoms with van der Waals surface area (Å²) in [7, 11) is 1.87. The molecule has 4 aliphatic rings. The van der Waals surface area contributed by atoms with E-state index in [4.69, 9.17) is 22.7 Å². The van der Waals surface area contributed by atoms with Gasteiger partial charge in [0.1, 0.15) is 11.9 Å². The van der Waals surface area contributed by atoms with Crippen molar-refractivity contribution in [1.82, 2.24) is 34.9 Å². The maximum absolute atomic E-state index is 15.6. The summed E-state index contributed by atoms with van der Waals surface area (Å²) in [6.45, 7) is 6.84. The molecule has 3 aromatic carbocycles. The number of piperidine rings is 2. The number of benzene rings is 3. The van der Waals surface area contributed by atoms with Crippen molar-refractivity contribution < 1.29 is 23.6 Å². The zero-order chi connectivity index (χ0) is 40.4. The molecule has 0 radical (unpaired) electrons. The van der Waals surface area contributed by atoms with Gasteiger partial charge in [0.15, 0.2) is 11.5 Å². The fourth-order valence-corrected chi connectivity index (χ4v) is 9.29. The van der Waals surface area contributed by atoms with Gasteiger partial charge in [0.05, 0.1) is 27.6 Å². The second-order valence-electron chi connectivity index (χ2n) is 15.7. The number of thiol groups is 1. The van der Waals surface area contributed by atoms with Crippen LogP contribution in [-0.4, -0.2) is 84.2 Å². The molecule has 6 heterocycles. The smallest absolute Gasteiger partial charge is 0.262 e. The number of para-hydroxylation sites is 1. The molecule has 0 saturated carbocycles. The number of halogens is 1. The van der Waals surface area contributed by atoms with Crippen LogP contribution in [0.25, 0.3) is 11.0 Å². The fourth-order valence-electron chi connectivity index (χ4n) is 8.79. The topological polar surface area (TPSA) is 158 Å². The van der Waals surface area contributed by atoms with Gasteiger partial charge in [-0.05, 0) is 92.0 Å². The summed E-state index contributed by atoms with van der Waals surface area (Å²) in [6, 6.07) is 14.0. The lowest BCUT2D eigenvalue weighted by molar-refractivity contribution is -0.136. The number of carbonyl (C=O) groups excluding carboxylic acids is 4. The Morgan fingerprint density at radius 3 is 2.38 bits per heavy atom. The highest BCUT2D eigenvalue weighted by Crippen LogP contribution is 2.37. The van der Waals surface area contributed by atoms with E-state index >= 15 is 4.39 Å². The number of amides is 4. The standard InChI is InChI=1S/C42H43FN10O4S/c1-22-5-4-6-23(2)35(22)47-36-30-20-44-42(48-37(30)50(3)49-36)45-27-8-7-24-11-16-52(21-26(24)17-27)41(58)25-12-14-51(15-13-25)33-19-29-28(18-31(33)43)39(56)53(40(29)57)32-9-10-34(54)46-38(32)55/h4-8,17-20,25,32,41,58H,9-16,21H2,1-3H3,(H,47,49)(H,44,45,48)(H,46,54,55). The first-order valence-electron chi connectivity index (χ1n) is 19.6. The molecule has 2 fully saturated rings. The van der Waals surface area contributed by atoms with E-state index in [0.717, 1.165) is 71.2 Å². The Morgan fingerprint density at radius 1 is 0.897 bits per heavy atom. The zero-order valence-corrected chi connectivity index (χ0v) is 33.3. The number of anilines is 5. The van der Waals surface area contributed by atoms with Gasteiger partial charge in [-0.25, -0.2) is 14.1 Å². The first kappa shape index (κ1) is 37.7. The van der Waals surface area contributed by atoms with E-state index in [1.165, 1.54) is 17.2 Å². The van der Waals surface area contributed by atoms with Gasteiger partial charge >= 0.3 is 0 Å². The number of aromatic nitrogens is 4. The van der Waals surface area contributed by atoms with Gasteiger partial charge in [-0.2, -0.15) is 22.7 Å². The van der Waals surface area contributed by atoms with Crippen LogP contribution in [-0.2, 0) is 29.6 Å². The summed E-state index contributed by atoms with van der Waals surface area (Å²) in [4.78, 5) is 65.3. The van der Waals surface area contributed by atoms with Gasteiger partial charge in [0.25, 0.3) is 11.8 Å². The third-order valence-electron chi connectivity index (χ3n) is 12.0. The molecular formula is C42H43FN10O4S. The van der Waals surface area contributed by atoms with E-state index in [0.29, 0.717) is 30.5 Å². The Balaban J connectivity index is 0.838. The van der Waals surface area contributed by atoms with Gasteiger partial charge in [-0.1, -0.05) is 24.3 Å². The maximum atomic E-state index is 15.6. The Labute approximate surface area is 339 Å². The number of nitrogens with one attached hydrogen (secondary N) is 3. The van der Waals surface area contributed by atoms with Crippen LogP contribution >= 0.6 is 12.6 Å². The molecule has 16 heteroatoms. The second kappa shape index (κ2) is 14.8. The van der Waals surface area contributed by atoms with Crippen LogP contribution in [0, 0.1) is 25.6 Å². The van der Waals surface area contributed by atoms with Crippen LogP contribution in [0.5, 0.6) is 0 Å². The van der Waals surface area contributed by atoms with Crippen molar-refractivity contribution >= 4 is 76.1 Å². The molecule has 0 bridgehead atoms. The highest BCUT2D eigenvalue weighted by Gasteiger charge is 2.45. The summed E-state index contributed by atoms with van der Waals surface area (Å²) in [5.74, 6) is -1.69. The summed E-state index contributed by atoms with van der Waals surface area (Å²) in [5, 5.41) is 14.6. The number of imide groups is 2. The lowest BCUT2D eigenvalue weighted by atomic mass is 9.92. The van der Waals surface area contributed by atoms with Crippen LogP contribution in [0.2, 0.25) is 0 Å². The molecule has 9 rings (SSSR count). The molecule has 2 saturated heterocycles. The normalized spacial score (nSPS) is 19.4. The van der Waals surface area contributed by atoms with Gasteiger partial charge in [0, 0.05) is 57.2 Å². The lowest BCUT2D eigenvalue weighted by Crippen LogP contribution is -2.54. The molecule has 298 valence electrons. The fraction of sp³-hybridized carbons (Fsp3) is 0.357. The van der Waals surface area contributed by atoms with Gasteiger partial charge in [0.2, 0.25) is 17.8 Å². The number of hydrogen-bond donors (Lipinski definition) is 4. The molecule has 0 spiro atoms. The molecule has 3 N–H and O–H groups in total. The minimum absolute atomic E-state index is 0.0140. The molecular weight excluding hydrogens is 760 g/mol. The van der Waals surface area contributed by atoms with Crippen LogP contribution in [0.4, 0.5) is 33.2 Å². The summed E-state index contributed by atoms with van der Waals surface area (Å²) in [6.07, 6.45) is 4.27. The number of aryl methyl sites for hydroxylation is 3. The summed E-state index contributed by atoms with van der Waals surface area (Å²) < 4.78 is 17.3. The minimum Gasteiger partial charge on any atom is -0.369 e. The molecule has 14 nitrogen and oxygen atoms in total. The Morgan fingerprint density at radius 2 is 1.64 bits per heavy atom. The van der Waals surface area contributed by atoms with E-state index in [1.54, 1.807) is 10.9 Å². The third-order valence-corrected chi connectivity index (χ3v) is 12.7. The molecule has 4 aliphatic heterocycles. The average Bonchev–Trinajstić information content (AvgIpc) is 3.65. The molecule has 2 atom stereocenters. The van der Waals surface area contributed by atoms with Crippen molar-refractivity contribution in [3.05, 3.63) is 93.9 Å². The molecule has 5 aromatic rings. The Kier molecular flexibility index (Phi) is 9.63. The van der Waals surface area contributed by atoms with E-state index in [-0.39, 0.29) is 40.9 Å². The molecule has 58 heavy (non-hydrogen) atoms. The largest absolute Gasteiger partial charge is 0.369 e. The van der Waals surface area contributed by atoms with Gasteiger partial charge in [-0.3, -0.25) is 34.3 Å². The Bertz CT molecular complexity index is 2520. The van der Waals surface area contributed by atoms with Crippen LogP contribution in [0.15, 0.2) is 54.7 Å². The van der Waals surface area contributed by atoms with Crippen molar-refractivity contribution in [2.75, 3.05) is 35.2 Å². The van der Waals surface area contributed by atoms with Crippen molar-refractivity contribution in [2.45, 2.75) is 63.9 Å². The van der Waals surface area contributed by atoms with E-state index in [9.17, 15) is 19.2 Å². The number of rotatable bonds is 8. The number of nitrogens with zero attached hydrogens (tertiary/aromatic N) is 7. The second-order valence-corrected chi connectivity index (χ2v) is 16.2. The molecule has 4 amide bonds. The summed E-state index contributed by atoms with van der Waals surface area (Å²) >= 11 is 5.13. The third kappa shape index (κ3) is 6.73. The van der Waals surface area contributed by atoms with Gasteiger partial charge < -0.3 is 15.5 Å². The average molecular weight is 803 g/mol. The van der Waals surface area contributed by atoms with Crippen molar-refractivity contribution in [3.63, 3.8) is 0 Å². The Hall–Kier alpha value is -5.87. The highest BCUT2D eigenvalue weighted by atomic mass is 32.1. The highest BCUT2D eigenvalue weighted by molar-refractivity contribution is 7.80. The molecule has 0 aliphatic carbocycles. The quantitative estimate of drug-likeness (QED) is 0.115. The predicted molar refractivity (Wildman–Crippen MR) is 220 cm³/mol. The predicted octanol–water partition coefficient (Wildman–Crippen LogP) is 5.54. The lowest BCUT2D eigenvalue weighted by Gasteiger charge is -2.41. The molecule has 2 unspecified atom stereocenters. The van der Waals surface area contributed by atoms with Crippen LogP contribution in [0.1, 0.15) is 68.7 Å². The van der Waals surface area contributed by atoms with Gasteiger partial charge in [-0.15, -0.1) is 0 Å². The maximum Gasteiger partial charge on any atom is 0.262 e. The van der Waals surface area contributed by atoms with Crippen molar-refractivity contribution in [3.8, 4) is 0 Å². The zero-order valence-electron chi connectivity index (χ0n) is 32.4. The monoisotopic (exact) mass is 802 g/mol. The van der Waals surface area contributed by atoms with Crippen LogP contribution in [0.3, 0.4) is 0 Å². The molecule has 2 aromatic heterocycles. The minimum atomic E-state index is -1.10. The van der Waals surface area contributed by atoms with Crippen molar-refractivity contribution in [2.24, 2.45) is 13.0 Å². The van der Waals surface area contributed by atoms with Crippen molar-refractivity contribution in [1.29, 1.82) is 0 Å². The number of carbonyl (C=O) groups is 4. The number of hydrogen-bond acceptors (Lipinski definition) is 12. The van der Waals surface area contributed by atoms with E-state index in [1.807, 2.05) is 18.0 Å². The SMILES string of the molecule is Cc1cccc(C)c1Nc1nn(C)c2nc(Nc3ccc4c(c3)CN(C(S)C3CCN(c5cc6c(cc5F)C(=O)N(C5CCC(=O)NC5=O)C6=O)CC3)CC4)ncc12. The number of fused-ring (bicyclic) bond motifs is 3. The first-order valence-corrected chi connectivity index (χ1v) is 20.1. The first-order chi connectivity index (χ1) is 27.9. The van der Waals surface area contributed by atoms with Crippen LogP contribution < -0.4 is 20.9 Å². The summed E-state index contributed by atoms with van der Waals surface area (Å²) in [5.41, 5.74) is 7.63. The van der Waals surface area contributed by atoms with E-state index in [2.05, 4.69) is 70.0 Å². The van der Waals surface area contributed by atoms with E-state index < -0.39 is 35.5 Å².